The van der Waals surface area contributed by atoms with E-state index in [1.807, 2.05) is 24.3 Å². The number of benzene rings is 1. The van der Waals surface area contributed by atoms with E-state index in [9.17, 15) is 5.11 Å². The lowest BCUT2D eigenvalue weighted by Gasteiger charge is -2.27. The van der Waals surface area contributed by atoms with Crippen molar-refractivity contribution < 1.29 is 14.6 Å². The van der Waals surface area contributed by atoms with Crippen molar-refractivity contribution in [2.24, 2.45) is 0 Å². The zero-order valence-corrected chi connectivity index (χ0v) is 17.5. The van der Waals surface area contributed by atoms with Crippen molar-refractivity contribution in [2.45, 2.75) is 38.5 Å². The monoisotopic (exact) mass is 439 g/mol. The van der Waals surface area contributed by atoms with Crippen LogP contribution in [0.2, 0.25) is 0 Å². The molecule has 0 saturated carbocycles. The van der Waals surface area contributed by atoms with E-state index in [1.165, 1.54) is 10.4 Å². The third-order valence-electron chi connectivity index (χ3n) is 4.55. The van der Waals surface area contributed by atoms with E-state index in [1.54, 1.807) is 11.3 Å². The van der Waals surface area contributed by atoms with Gasteiger partial charge in [-0.1, -0.05) is 15.9 Å². The SMILES string of the molecule is Cc1ccsc1CN(CC(O)COc1ccc(Br)cc1)CC1CCCO1. The fourth-order valence-corrected chi connectivity index (χ4v) is 4.33. The number of aryl methyl sites for hydroxylation is 1. The maximum atomic E-state index is 10.5. The molecule has 2 aromatic rings. The number of ether oxygens (including phenoxy) is 2. The first-order valence-corrected chi connectivity index (χ1v) is 10.7. The summed E-state index contributed by atoms with van der Waals surface area (Å²) < 4.78 is 12.5. The average molecular weight is 440 g/mol. The Morgan fingerprint density at radius 1 is 1.35 bits per heavy atom. The van der Waals surface area contributed by atoms with Crippen LogP contribution in [0.5, 0.6) is 5.75 Å². The van der Waals surface area contributed by atoms with E-state index < -0.39 is 6.10 Å². The lowest BCUT2D eigenvalue weighted by molar-refractivity contribution is 0.0316. The van der Waals surface area contributed by atoms with E-state index in [2.05, 4.69) is 39.2 Å². The molecule has 1 aromatic heterocycles. The Labute approximate surface area is 167 Å². The Morgan fingerprint density at radius 2 is 2.15 bits per heavy atom. The van der Waals surface area contributed by atoms with Crippen LogP contribution in [0.4, 0.5) is 0 Å². The quantitative estimate of drug-likeness (QED) is 0.634. The normalized spacial score (nSPS) is 18.4. The second kappa shape index (κ2) is 9.85. The molecule has 2 heterocycles. The lowest BCUT2D eigenvalue weighted by atomic mass is 10.2. The zero-order chi connectivity index (χ0) is 18.4. The first-order chi connectivity index (χ1) is 12.6. The molecule has 2 unspecified atom stereocenters. The van der Waals surface area contributed by atoms with Crippen LogP contribution in [0.25, 0.3) is 0 Å². The Hall–Kier alpha value is -0.920. The fraction of sp³-hybridized carbons (Fsp3) is 0.500. The molecule has 1 fully saturated rings. The Balaban J connectivity index is 1.54. The van der Waals surface area contributed by atoms with Crippen molar-refractivity contribution in [3.8, 4) is 5.75 Å². The van der Waals surface area contributed by atoms with Gasteiger partial charge in [-0.3, -0.25) is 4.90 Å². The molecule has 0 radical (unpaired) electrons. The van der Waals surface area contributed by atoms with Crippen molar-refractivity contribution in [1.29, 1.82) is 0 Å². The summed E-state index contributed by atoms with van der Waals surface area (Å²) in [5.74, 6) is 0.770. The highest BCUT2D eigenvalue weighted by molar-refractivity contribution is 9.10. The minimum absolute atomic E-state index is 0.273. The Bertz CT molecular complexity index is 670. The molecule has 0 spiro atoms. The van der Waals surface area contributed by atoms with Crippen molar-refractivity contribution >= 4 is 27.3 Å². The van der Waals surface area contributed by atoms with Gasteiger partial charge in [0.05, 0.1) is 6.10 Å². The second-order valence-electron chi connectivity index (χ2n) is 6.77. The summed E-state index contributed by atoms with van der Waals surface area (Å²) in [6.45, 7) is 5.56. The number of aliphatic hydroxyl groups excluding tert-OH is 1. The smallest absolute Gasteiger partial charge is 0.119 e. The molecule has 6 heteroatoms. The van der Waals surface area contributed by atoms with Crippen LogP contribution in [0, 0.1) is 6.92 Å². The molecular weight excluding hydrogens is 414 g/mol. The Morgan fingerprint density at radius 3 is 2.81 bits per heavy atom. The van der Waals surface area contributed by atoms with Gasteiger partial charge in [-0.05, 0) is 61.0 Å². The molecule has 1 aromatic carbocycles. The summed E-state index contributed by atoms with van der Waals surface area (Å²) in [6.07, 6.45) is 1.96. The first-order valence-electron chi connectivity index (χ1n) is 9.03. The summed E-state index contributed by atoms with van der Waals surface area (Å²) in [4.78, 5) is 3.65. The van der Waals surface area contributed by atoms with Gasteiger partial charge in [-0.25, -0.2) is 0 Å². The van der Waals surface area contributed by atoms with Crippen LogP contribution in [0.3, 0.4) is 0 Å². The summed E-state index contributed by atoms with van der Waals surface area (Å²) in [7, 11) is 0. The van der Waals surface area contributed by atoms with E-state index >= 15 is 0 Å². The van der Waals surface area contributed by atoms with Crippen LogP contribution in [-0.2, 0) is 11.3 Å². The molecule has 0 aliphatic carbocycles. The van der Waals surface area contributed by atoms with E-state index in [0.29, 0.717) is 6.54 Å². The van der Waals surface area contributed by atoms with E-state index in [4.69, 9.17) is 9.47 Å². The standard InChI is InChI=1S/C20H26BrNO3S/c1-15-8-10-26-20(15)13-22(12-19-3-2-9-24-19)11-17(23)14-25-18-6-4-16(21)5-7-18/h4-8,10,17,19,23H,2-3,9,11-14H2,1H3. The number of aliphatic hydroxyl groups is 1. The number of rotatable bonds is 9. The van der Waals surface area contributed by atoms with Crippen LogP contribution in [0.1, 0.15) is 23.3 Å². The van der Waals surface area contributed by atoms with Crippen LogP contribution in [0.15, 0.2) is 40.2 Å². The maximum Gasteiger partial charge on any atom is 0.119 e. The number of hydrogen-bond acceptors (Lipinski definition) is 5. The highest BCUT2D eigenvalue weighted by atomic mass is 79.9. The van der Waals surface area contributed by atoms with Crippen molar-refractivity contribution in [3.05, 3.63) is 50.6 Å². The van der Waals surface area contributed by atoms with Gasteiger partial charge in [-0.2, -0.15) is 0 Å². The molecule has 1 aliphatic heterocycles. The van der Waals surface area contributed by atoms with Gasteiger partial charge in [0, 0.05) is 35.6 Å². The molecule has 1 saturated heterocycles. The maximum absolute atomic E-state index is 10.5. The molecule has 0 amide bonds. The van der Waals surface area contributed by atoms with Crippen LogP contribution >= 0.6 is 27.3 Å². The molecule has 26 heavy (non-hydrogen) atoms. The number of halogens is 1. The van der Waals surface area contributed by atoms with Gasteiger partial charge in [-0.15, -0.1) is 11.3 Å². The molecular formula is C20H26BrNO3S. The third kappa shape index (κ3) is 6.06. The van der Waals surface area contributed by atoms with Crippen LogP contribution in [-0.4, -0.2) is 48.5 Å². The predicted octanol–water partition coefficient (Wildman–Crippen LogP) is 4.24. The van der Waals surface area contributed by atoms with Gasteiger partial charge >= 0.3 is 0 Å². The minimum atomic E-state index is -0.541. The molecule has 3 rings (SSSR count). The van der Waals surface area contributed by atoms with E-state index in [0.717, 1.165) is 42.8 Å². The molecule has 0 bridgehead atoms. The topological polar surface area (TPSA) is 41.9 Å². The number of thiophene rings is 1. The number of hydrogen-bond donors (Lipinski definition) is 1. The second-order valence-corrected chi connectivity index (χ2v) is 8.69. The highest BCUT2D eigenvalue weighted by Crippen LogP contribution is 2.21. The Kier molecular flexibility index (Phi) is 7.52. The first kappa shape index (κ1) is 19.8. The summed E-state index contributed by atoms with van der Waals surface area (Å²) in [6, 6.07) is 9.82. The van der Waals surface area contributed by atoms with Gasteiger partial charge in [0.25, 0.3) is 0 Å². The largest absolute Gasteiger partial charge is 0.491 e. The highest BCUT2D eigenvalue weighted by Gasteiger charge is 2.22. The lowest BCUT2D eigenvalue weighted by Crippen LogP contribution is -2.39. The molecule has 1 aliphatic rings. The van der Waals surface area contributed by atoms with E-state index in [-0.39, 0.29) is 12.7 Å². The van der Waals surface area contributed by atoms with Crippen LogP contribution < -0.4 is 4.74 Å². The van der Waals surface area contributed by atoms with Crippen molar-refractivity contribution in [1.82, 2.24) is 4.90 Å². The summed E-state index contributed by atoms with van der Waals surface area (Å²) in [5, 5.41) is 12.6. The molecule has 4 nitrogen and oxygen atoms in total. The van der Waals surface area contributed by atoms with Gasteiger partial charge in [0.1, 0.15) is 18.5 Å². The summed E-state index contributed by atoms with van der Waals surface area (Å²) >= 11 is 5.19. The van der Waals surface area contributed by atoms with Gasteiger partial charge in [0.2, 0.25) is 0 Å². The van der Waals surface area contributed by atoms with Crippen molar-refractivity contribution in [2.75, 3.05) is 26.3 Å². The van der Waals surface area contributed by atoms with Gasteiger partial charge in [0.15, 0.2) is 0 Å². The molecule has 1 N–H and O–H groups in total. The average Bonchev–Trinajstić information content (AvgIpc) is 3.27. The van der Waals surface area contributed by atoms with Gasteiger partial charge < -0.3 is 14.6 Å². The molecule has 142 valence electrons. The zero-order valence-electron chi connectivity index (χ0n) is 15.1. The number of nitrogens with zero attached hydrogens (tertiary/aromatic N) is 1. The summed E-state index contributed by atoms with van der Waals surface area (Å²) in [5.41, 5.74) is 1.31. The third-order valence-corrected chi connectivity index (χ3v) is 6.08. The predicted molar refractivity (Wildman–Crippen MR) is 109 cm³/mol. The minimum Gasteiger partial charge on any atom is -0.491 e. The molecule has 2 atom stereocenters. The fourth-order valence-electron chi connectivity index (χ4n) is 3.12. The van der Waals surface area contributed by atoms with Crippen molar-refractivity contribution in [3.63, 3.8) is 0 Å².